The molecule has 14 atom stereocenters. The third-order valence-corrected chi connectivity index (χ3v) is 26.5. The van der Waals surface area contributed by atoms with Crippen LogP contribution in [-0.2, 0) is 42.4 Å². The van der Waals surface area contributed by atoms with E-state index in [1.165, 1.54) is 0 Å². The van der Waals surface area contributed by atoms with Crippen LogP contribution in [0.15, 0.2) is 45.4 Å². The quantitative estimate of drug-likeness (QED) is 0.105. The Balaban J connectivity index is 1.79. The van der Waals surface area contributed by atoms with Crippen LogP contribution in [0.5, 0.6) is 0 Å². The second kappa shape index (κ2) is 20.8. The van der Waals surface area contributed by atoms with E-state index in [4.69, 9.17) is 27.8 Å². The molecule has 0 amide bonds. The van der Waals surface area contributed by atoms with Crippen molar-refractivity contribution in [1.29, 1.82) is 0 Å². The summed E-state index contributed by atoms with van der Waals surface area (Å²) in [5.41, 5.74) is 0. The van der Waals surface area contributed by atoms with E-state index in [0.29, 0.717) is 25.2 Å². The topological polar surface area (TPSA) is 107 Å². The van der Waals surface area contributed by atoms with Crippen molar-refractivity contribution in [3.05, 3.63) is 40.5 Å². The molecule has 3 fully saturated rings. The summed E-state index contributed by atoms with van der Waals surface area (Å²) in [5.74, 6) is -0.610. The molecule has 9 nitrogen and oxygen atoms in total. The van der Waals surface area contributed by atoms with E-state index in [1.807, 2.05) is 11.0 Å². The molecule has 0 aromatic heterocycles. The zero-order valence-electron chi connectivity index (χ0n) is 39.8. The number of ether oxygens (including phenoxy) is 4. The van der Waals surface area contributed by atoms with Gasteiger partial charge in [-0.2, -0.15) is 0 Å². The van der Waals surface area contributed by atoms with Gasteiger partial charge in [-0.05, 0) is 96.9 Å². The van der Waals surface area contributed by atoms with Crippen molar-refractivity contribution >= 4 is 54.8 Å². The van der Waals surface area contributed by atoms with Crippen LogP contribution in [0.3, 0.4) is 0 Å². The lowest BCUT2D eigenvalue weighted by atomic mass is 9.79. The van der Waals surface area contributed by atoms with Gasteiger partial charge in [0.1, 0.15) is 17.5 Å². The second-order valence-electron chi connectivity index (χ2n) is 21.4. The van der Waals surface area contributed by atoms with Crippen LogP contribution in [0.25, 0.3) is 0 Å². The number of ketones is 1. The summed E-state index contributed by atoms with van der Waals surface area (Å²) >= 11 is 2.28. The Morgan fingerprint density at radius 3 is 2.00 bits per heavy atom. The minimum Gasteiger partial charge on any atom is -0.409 e. The van der Waals surface area contributed by atoms with E-state index >= 15 is 4.79 Å². The van der Waals surface area contributed by atoms with Gasteiger partial charge >= 0.3 is 0 Å². The van der Waals surface area contributed by atoms with E-state index in [0.717, 1.165) is 12.8 Å². The highest BCUT2D eigenvalue weighted by Crippen LogP contribution is 2.48. The third-order valence-electron chi connectivity index (χ3n) is 14.9. The number of methoxy groups -OCH3 is 1. The van der Waals surface area contributed by atoms with Gasteiger partial charge in [0, 0.05) is 25.4 Å². The molecule has 0 bridgehead atoms. The molecule has 0 radical (unpaired) electrons. The maximum absolute atomic E-state index is 15.2. The Bertz CT molecular complexity index is 1680. The predicted octanol–water partition coefficient (Wildman–Crippen LogP) is 11.3. The maximum atomic E-state index is 15.2. The summed E-state index contributed by atoms with van der Waals surface area (Å²) in [5, 5.41) is -1.46. The number of carbonyl (C=O) groups is 1. The number of rotatable bonds is 18. The van der Waals surface area contributed by atoms with Crippen molar-refractivity contribution in [3.63, 3.8) is 0 Å². The zero-order chi connectivity index (χ0) is 45.2. The molecule has 4 rings (SSSR count). The number of fused-ring (bicyclic) bond motifs is 1. The lowest BCUT2D eigenvalue weighted by Gasteiger charge is -2.55. The van der Waals surface area contributed by atoms with Gasteiger partial charge in [-0.25, -0.2) is 8.42 Å². The predicted molar refractivity (Wildman–Crippen MR) is 257 cm³/mol. The number of benzene rings is 1. The Morgan fingerprint density at radius 1 is 0.883 bits per heavy atom. The number of halogens is 1. The molecular formula is C47H81IO9SSi2. The van der Waals surface area contributed by atoms with Crippen molar-refractivity contribution in [2.45, 2.75) is 216 Å². The Hall–Kier alpha value is -0.496. The Kier molecular flexibility index (Phi) is 18.0. The lowest BCUT2D eigenvalue weighted by molar-refractivity contribution is -0.262. The van der Waals surface area contributed by atoms with Gasteiger partial charge in [0.2, 0.25) is 0 Å². The number of Topliss-reactive ketones (excluding diaryl/α,β-unsaturated/α-hetero) is 1. The first-order valence-electron chi connectivity index (χ1n) is 22.6. The number of carbonyl (C=O) groups excluding carboxylic acids is 1. The average Bonchev–Trinajstić information content (AvgIpc) is 3.43. The smallest absolute Gasteiger partial charge is 0.192 e. The van der Waals surface area contributed by atoms with Gasteiger partial charge < -0.3 is 27.8 Å². The van der Waals surface area contributed by atoms with Crippen LogP contribution in [0.1, 0.15) is 115 Å². The van der Waals surface area contributed by atoms with Gasteiger partial charge in [-0.3, -0.25) is 4.79 Å². The average molecular weight is 1010 g/mol. The normalized spacial score (nSPS) is 31.8. The van der Waals surface area contributed by atoms with E-state index in [1.54, 1.807) is 37.4 Å². The highest BCUT2D eigenvalue weighted by molar-refractivity contribution is 14.1. The molecule has 344 valence electrons. The summed E-state index contributed by atoms with van der Waals surface area (Å²) < 4.78 is 73.5. The van der Waals surface area contributed by atoms with Gasteiger partial charge in [0.15, 0.2) is 32.3 Å². The maximum Gasteiger partial charge on any atom is 0.192 e. The Labute approximate surface area is 380 Å². The highest BCUT2D eigenvalue weighted by atomic mass is 127. The molecule has 0 N–H and O–H groups in total. The zero-order valence-corrected chi connectivity index (χ0v) is 44.8. The SMILES string of the molecule is CC[C@@H](C)C[C@H]1O[C@@H](CC(C)OC)C(C(C(=O)C[C@H]2CC[C@@H]3O[C@@H]([C@@H](C)/C=C/I)[C@@H](O[Si](C)(C)C(C)(C)C)[C@@H](O[Si](C)(C)C(C)(C)C)[C@H]3O2)S(=O)(=O)c2ccccc2)[C@H]1C. The van der Waals surface area contributed by atoms with Crippen LogP contribution >= 0.6 is 22.6 Å². The molecule has 0 spiro atoms. The van der Waals surface area contributed by atoms with Crippen molar-refractivity contribution in [1.82, 2.24) is 0 Å². The van der Waals surface area contributed by atoms with Crippen molar-refractivity contribution in [3.8, 4) is 0 Å². The van der Waals surface area contributed by atoms with Gasteiger partial charge in [-0.15, -0.1) is 0 Å². The van der Waals surface area contributed by atoms with Crippen LogP contribution < -0.4 is 0 Å². The summed E-state index contributed by atoms with van der Waals surface area (Å²) in [6.45, 7) is 33.2. The molecule has 3 unspecified atom stereocenters. The molecule has 3 heterocycles. The first kappa shape index (κ1) is 52.1. The molecule has 60 heavy (non-hydrogen) atoms. The fourth-order valence-corrected chi connectivity index (χ4v) is 14.1. The van der Waals surface area contributed by atoms with Crippen molar-refractivity contribution < 1.29 is 41.0 Å². The van der Waals surface area contributed by atoms with Crippen molar-refractivity contribution in [2.24, 2.45) is 23.7 Å². The van der Waals surface area contributed by atoms with Gasteiger partial charge in [0.05, 0.1) is 47.6 Å². The highest BCUT2D eigenvalue weighted by Gasteiger charge is 2.58. The van der Waals surface area contributed by atoms with Gasteiger partial charge in [-0.1, -0.05) is 123 Å². The van der Waals surface area contributed by atoms with Crippen LogP contribution in [0.4, 0.5) is 0 Å². The third kappa shape index (κ3) is 12.0. The monoisotopic (exact) mass is 1000 g/mol. The van der Waals surface area contributed by atoms with Gasteiger partial charge in [0.25, 0.3) is 0 Å². The Morgan fingerprint density at radius 2 is 1.47 bits per heavy atom. The summed E-state index contributed by atoms with van der Waals surface area (Å²) in [6, 6.07) is 8.46. The molecule has 0 saturated carbocycles. The van der Waals surface area contributed by atoms with E-state index in [9.17, 15) is 8.42 Å². The number of hydrogen-bond acceptors (Lipinski definition) is 9. The first-order chi connectivity index (χ1) is 27.7. The minimum absolute atomic E-state index is 0.0380. The van der Waals surface area contributed by atoms with Crippen LogP contribution in [-0.4, -0.2) is 98.1 Å². The molecule has 3 saturated heterocycles. The second-order valence-corrected chi connectivity index (χ2v) is 33.7. The standard InChI is InChI=1S/C47H81IO9SSi2/c1-17-30(2)27-38-33(5)40(39(54-38)28-32(4)52-12)45(58(50,51)35-21-19-18-20-22-35)36(49)29-34-23-24-37-42(53-34)44(57-60(15,16)47(9,10)11)43(41(55-37)31(3)25-26-48)56-59(13,14)46(6,7)8/h18-22,25-26,30-34,37-45H,17,23-24,27-29H2,1-16H3/b26-25+/t30-,31+,32?,33+,34-,37+,38-,39+,40?,41+,42+,43-,44+,45?/m1/s1. The number of sulfone groups is 1. The first-order valence-corrected chi connectivity index (χ1v) is 31.2. The fourth-order valence-electron chi connectivity index (χ4n) is 8.74. The fraction of sp³-hybridized carbons (Fsp3) is 0.809. The van der Waals surface area contributed by atoms with Crippen LogP contribution in [0, 0.1) is 23.7 Å². The molecule has 1 aromatic carbocycles. The molecule has 1 aromatic rings. The molecule has 0 aliphatic carbocycles. The molecule has 3 aliphatic heterocycles. The molecule has 3 aliphatic rings. The minimum atomic E-state index is -4.13. The van der Waals surface area contributed by atoms with E-state index < -0.39 is 68.2 Å². The van der Waals surface area contributed by atoms with Crippen molar-refractivity contribution in [2.75, 3.05) is 7.11 Å². The summed E-state index contributed by atoms with van der Waals surface area (Å²) in [6.07, 6.45) is 2.42. The molecular weight excluding hydrogens is 924 g/mol. The van der Waals surface area contributed by atoms with Crippen LogP contribution in [0.2, 0.25) is 36.3 Å². The van der Waals surface area contributed by atoms with E-state index in [2.05, 4.69) is 124 Å². The van der Waals surface area contributed by atoms with E-state index in [-0.39, 0.29) is 63.4 Å². The summed E-state index contributed by atoms with van der Waals surface area (Å²) in [4.78, 5) is 15.4. The largest absolute Gasteiger partial charge is 0.409 e. The molecule has 13 heteroatoms. The number of hydrogen-bond donors (Lipinski definition) is 0. The summed E-state index contributed by atoms with van der Waals surface area (Å²) in [7, 11) is -7.25. The lowest BCUT2D eigenvalue weighted by Crippen LogP contribution is -2.67.